The minimum Gasteiger partial charge on any atom is -0.326 e. The Bertz CT molecular complexity index is 588. The molecular weight excluding hydrogens is 267 g/mol. The summed E-state index contributed by atoms with van der Waals surface area (Å²) in [5.41, 5.74) is 5.29. The Morgan fingerprint density at radius 1 is 1.30 bits per heavy atom. The minimum absolute atomic E-state index is 0.0785. The van der Waals surface area contributed by atoms with E-state index in [1.807, 2.05) is 6.92 Å². The van der Waals surface area contributed by atoms with Crippen LogP contribution in [0.4, 0.5) is 13.2 Å². The van der Waals surface area contributed by atoms with Crippen molar-refractivity contribution >= 4 is 0 Å². The van der Waals surface area contributed by atoms with Crippen molar-refractivity contribution in [2.24, 2.45) is 5.73 Å². The van der Waals surface area contributed by atoms with Crippen LogP contribution in [0.25, 0.3) is 5.69 Å². The Morgan fingerprint density at radius 3 is 2.65 bits per heavy atom. The van der Waals surface area contributed by atoms with Gasteiger partial charge >= 0.3 is 6.18 Å². The summed E-state index contributed by atoms with van der Waals surface area (Å²) in [6, 6.07) is 4.16. The number of alkyl halides is 3. The predicted molar refractivity (Wildman–Crippen MR) is 70.5 cm³/mol. The van der Waals surface area contributed by atoms with E-state index in [1.165, 1.54) is 16.8 Å². The number of rotatable bonds is 4. The topological polar surface area (TPSA) is 43.8 Å². The molecule has 20 heavy (non-hydrogen) atoms. The number of nitrogens with zero attached hydrogens (tertiary/aromatic N) is 2. The molecule has 1 aromatic heterocycles. The molecule has 6 heteroatoms. The van der Waals surface area contributed by atoms with Gasteiger partial charge in [-0.05, 0) is 24.1 Å². The second-order valence-electron chi connectivity index (χ2n) is 4.52. The lowest BCUT2D eigenvalue weighted by molar-refractivity contribution is -0.137. The Morgan fingerprint density at radius 2 is 2.05 bits per heavy atom. The molecule has 0 saturated heterocycles. The van der Waals surface area contributed by atoms with Gasteiger partial charge < -0.3 is 10.3 Å². The fourth-order valence-corrected chi connectivity index (χ4v) is 2.11. The van der Waals surface area contributed by atoms with Gasteiger partial charge in [0.25, 0.3) is 0 Å². The van der Waals surface area contributed by atoms with E-state index in [0.717, 1.165) is 12.5 Å². The number of aryl methyl sites for hydroxylation is 1. The lowest BCUT2D eigenvalue weighted by atomic mass is 10.1. The van der Waals surface area contributed by atoms with E-state index in [4.69, 9.17) is 5.73 Å². The molecule has 0 aliphatic heterocycles. The van der Waals surface area contributed by atoms with Crippen molar-refractivity contribution in [1.82, 2.24) is 9.55 Å². The third-order valence-corrected chi connectivity index (χ3v) is 3.05. The van der Waals surface area contributed by atoms with Crippen molar-refractivity contribution in [2.75, 3.05) is 0 Å². The number of benzene rings is 1. The normalized spacial score (nSPS) is 11.8. The highest BCUT2D eigenvalue weighted by Gasteiger charge is 2.34. The van der Waals surface area contributed by atoms with Crippen LogP contribution in [-0.4, -0.2) is 9.55 Å². The smallest absolute Gasteiger partial charge is 0.326 e. The first-order valence-electron chi connectivity index (χ1n) is 6.40. The van der Waals surface area contributed by atoms with E-state index < -0.39 is 11.7 Å². The van der Waals surface area contributed by atoms with Crippen LogP contribution >= 0.6 is 0 Å². The zero-order valence-corrected chi connectivity index (χ0v) is 11.1. The van der Waals surface area contributed by atoms with Crippen molar-refractivity contribution in [3.8, 4) is 5.69 Å². The summed E-state index contributed by atoms with van der Waals surface area (Å²) in [7, 11) is 0. The lowest BCUT2D eigenvalue weighted by Crippen LogP contribution is -2.13. The molecule has 0 radical (unpaired) electrons. The van der Waals surface area contributed by atoms with Crippen LogP contribution in [0.2, 0.25) is 0 Å². The molecule has 0 bridgehead atoms. The second kappa shape index (κ2) is 5.66. The molecule has 0 spiro atoms. The monoisotopic (exact) mass is 283 g/mol. The number of nitrogens with two attached hydrogens (primary N) is 1. The van der Waals surface area contributed by atoms with Crippen LogP contribution in [0.15, 0.2) is 30.6 Å². The molecule has 0 atom stereocenters. The van der Waals surface area contributed by atoms with Crippen molar-refractivity contribution in [1.29, 1.82) is 0 Å². The Labute approximate surface area is 115 Å². The van der Waals surface area contributed by atoms with Gasteiger partial charge in [-0.2, -0.15) is 13.2 Å². The molecule has 0 fully saturated rings. The van der Waals surface area contributed by atoms with Gasteiger partial charge in [0.2, 0.25) is 0 Å². The van der Waals surface area contributed by atoms with Crippen LogP contribution in [-0.2, 0) is 19.1 Å². The zero-order valence-electron chi connectivity index (χ0n) is 11.1. The molecule has 2 rings (SSSR count). The molecule has 2 aromatic rings. The molecule has 0 saturated carbocycles. The van der Waals surface area contributed by atoms with Gasteiger partial charge in [-0.3, -0.25) is 0 Å². The second-order valence-corrected chi connectivity index (χ2v) is 4.52. The summed E-state index contributed by atoms with van der Waals surface area (Å²) in [6.07, 6.45) is 0.0934. The fraction of sp³-hybridized carbons (Fsp3) is 0.357. The third kappa shape index (κ3) is 2.85. The van der Waals surface area contributed by atoms with Crippen molar-refractivity contribution in [2.45, 2.75) is 32.5 Å². The molecule has 0 unspecified atom stereocenters. The molecule has 108 valence electrons. The average Bonchev–Trinajstić information content (AvgIpc) is 2.85. The number of hydrogen-bond donors (Lipinski definition) is 1. The number of hydrogen-bond acceptors (Lipinski definition) is 2. The molecule has 0 aliphatic rings. The summed E-state index contributed by atoms with van der Waals surface area (Å²) >= 11 is 0. The first-order chi connectivity index (χ1) is 9.47. The molecule has 2 N–H and O–H groups in total. The maximum Gasteiger partial charge on any atom is 0.418 e. The molecule has 0 aliphatic carbocycles. The minimum atomic E-state index is -4.42. The summed E-state index contributed by atoms with van der Waals surface area (Å²) < 4.78 is 41.1. The Balaban J connectivity index is 2.58. The predicted octanol–water partition coefficient (Wildman–Crippen LogP) is 3.30. The quantitative estimate of drug-likeness (QED) is 0.935. The first kappa shape index (κ1) is 14.6. The third-order valence-electron chi connectivity index (χ3n) is 3.05. The highest BCUT2D eigenvalue weighted by molar-refractivity contribution is 5.46. The van der Waals surface area contributed by atoms with Gasteiger partial charge in [-0.15, -0.1) is 0 Å². The average molecular weight is 283 g/mol. The van der Waals surface area contributed by atoms with Crippen LogP contribution in [0.3, 0.4) is 0 Å². The summed E-state index contributed by atoms with van der Waals surface area (Å²) in [6.45, 7) is 2.04. The SMILES string of the molecule is CCCc1nccn1-c1ccc(CN)cc1C(F)(F)F. The number of imidazole rings is 1. The standard InChI is InChI=1S/C14H16F3N3/c1-2-3-13-19-6-7-20(13)12-5-4-10(9-18)8-11(12)14(15,16)17/h4-8H,2-3,9,18H2,1H3. The van der Waals surface area contributed by atoms with E-state index in [-0.39, 0.29) is 12.2 Å². The van der Waals surface area contributed by atoms with Crippen LogP contribution in [0.1, 0.15) is 30.3 Å². The number of aromatic nitrogens is 2. The summed E-state index contributed by atoms with van der Waals surface area (Å²) in [5, 5.41) is 0. The highest BCUT2D eigenvalue weighted by Crippen LogP contribution is 2.35. The van der Waals surface area contributed by atoms with E-state index in [1.54, 1.807) is 12.3 Å². The van der Waals surface area contributed by atoms with Crippen molar-refractivity contribution in [3.05, 3.63) is 47.5 Å². The Hall–Kier alpha value is -1.82. The van der Waals surface area contributed by atoms with E-state index >= 15 is 0 Å². The van der Waals surface area contributed by atoms with Crippen LogP contribution in [0.5, 0.6) is 0 Å². The van der Waals surface area contributed by atoms with Crippen LogP contribution < -0.4 is 5.73 Å². The van der Waals surface area contributed by atoms with Crippen LogP contribution in [0, 0.1) is 0 Å². The maximum absolute atomic E-state index is 13.2. The van der Waals surface area contributed by atoms with Gasteiger partial charge in [-0.1, -0.05) is 13.0 Å². The molecule has 0 amide bonds. The molecule has 3 nitrogen and oxygen atoms in total. The van der Waals surface area contributed by atoms with Gasteiger partial charge in [0, 0.05) is 25.4 Å². The van der Waals surface area contributed by atoms with Gasteiger partial charge in [0.05, 0.1) is 11.3 Å². The van der Waals surface area contributed by atoms with E-state index in [2.05, 4.69) is 4.98 Å². The maximum atomic E-state index is 13.2. The largest absolute Gasteiger partial charge is 0.418 e. The zero-order chi connectivity index (χ0) is 14.8. The summed E-state index contributed by atoms with van der Waals surface area (Å²) in [5.74, 6) is 0.624. The van der Waals surface area contributed by atoms with Gasteiger partial charge in [0.1, 0.15) is 5.82 Å². The highest BCUT2D eigenvalue weighted by atomic mass is 19.4. The summed E-state index contributed by atoms with van der Waals surface area (Å²) in [4.78, 5) is 4.12. The van der Waals surface area contributed by atoms with Crippen molar-refractivity contribution < 1.29 is 13.2 Å². The molecular formula is C14H16F3N3. The van der Waals surface area contributed by atoms with Crippen molar-refractivity contribution in [3.63, 3.8) is 0 Å². The Kier molecular flexibility index (Phi) is 4.13. The molecule has 1 aromatic carbocycles. The van der Waals surface area contributed by atoms with E-state index in [9.17, 15) is 13.2 Å². The fourth-order valence-electron chi connectivity index (χ4n) is 2.11. The lowest BCUT2D eigenvalue weighted by Gasteiger charge is -2.16. The number of halogens is 3. The van der Waals surface area contributed by atoms with Gasteiger partial charge in [-0.25, -0.2) is 4.98 Å². The first-order valence-corrected chi connectivity index (χ1v) is 6.40. The molecule has 1 heterocycles. The van der Waals surface area contributed by atoms with E-state index in [0.29, 0.717) is 17.8 Å². The van der Waals surface area contributed by atoms with Gasteiger partial charge in [0.15, 0.2) is 0 Å².